The monoisotopic (exact) mass is 615 g/mol. The standard InChI is InChI=1S/C45H33N3/c46-44(32-16-4-1-5-17-32)47-30-31-15-14-22-35(29-31)48-41-26-13-11-24-37(41)39-28-27-38-36-23-10-12-25-40(36)45(42(38)43(39)48,33-18-6-2-7-19-33)34-20-8-3-9-21-34/h1-26,28-30,38,46H,27H2/b46-44?,47-30+. The van der Waals surface area contributed by atoms with Gasteiger partial charge in [0.25, 0.3) is 0 Å². The van der Waals surface area contributed by atoms with Crippen molar-refractivity contribution in [3.8, 4) is 5.69 Å². The molecule has 48 heavy (non-hydrogen) atoms. The van der Waals surface area contributed by atoms with Crippen LogP contribution in [-0.2, 0) is 5.41 Å². The molecule has 3 heteroatoms. The van der Waals surface area contributed by atoms with Gasteiger partial charge < -0.3 is 4.57 Å². The highest BCUT2D eigenvalue weighted by Gasteiger charge is 2.51. The van der Waals surface area contributed by atoms with Crippen LogP contribution in [0, 0.1) is 5.41 Å². The first-order valence-corrected chi connectivity index (χ1v) is 16.6. The second-order valence-corrected chi connectivity index (χ2v) is 12.7. The molecule has 6 aromatic carbocycles. The number of para-hydroxylation sites is 1. The molecule has 0 spiro atoms. The maximum absolute atomic E-state index is 8.55. The van der Waals surface area contributed by atoms with Gasteiger partial charge in [0.05, 0.1) is 16.3 Å². The molecular formula is C45H33N3. The first-order chi connectivity index (χ1) is 23.7. The summed E-state index contributed by atoms with van der Waals surface area (Å²) in [5.74, 6) is 0.477. The summed E-state index contributed by atoms with van der Waals surface area (Å²) in [5.41, 5.74) is 10.3. The summed E-state index contributed by atoms with van der Waals surface area (Å²) in [4.78, 5) is 4.56. The molecule has 0 amide bonds. The molecule has 1 atom stereocenters. The Bertz CT molecular complexity index is 2450. The Morgan fingerprint density at radius 2 is 1.33 bits per heavy atom. The fourth-order valence-corrected chi connectivity index (χ4v) is 8.25. The molecule has 9 rings (SSSR count). The highest BCUT2D eigenvalue weighted by molar-refractivity contribution is 6.03. The average Bonchev–Trinajstić information content (AvgIpc) is 3.66. The Hall–Kier alpha value is -6.06. The van der Waals surface area contributed by atoms with Crippen molar-refractivity contribution in [3.05, 3.63) is 208 Å². The van der Waals surface area contributed by atoms with Crippen molar-refractivity contribution in [2.45, 2.75) is 17.8 Å². The lowest BCUT2D eigenvalue weighted by Gasteiger charge is -2.36. The molecule has 7 aromatic rings. The molecule has 228 valence electrons. The molecule has 0 aliphatic heterocycles. The van der Waals surface area contributed by atoms with Crippen LogP contribution in [-0.4, -0.2) is 16.6 Å². The van der Waals surface area contributed by atoms with E-state index in [1.807, 2.05) is 36.5 Å². The summed E-state index contributed by atoms with van der Waals surface area (Å²) < 4.78 is 2.48. The molecule has 1 aromatic heterocycles. The first-order valence-electron chi connectivity index (χ1n) is 16.6. The predicted molar refractivity (Wildman–Crippen MR) is 198 cm³/mol. The normalized spacial score (nSPS) is 15.9. The van der Waals surface area contributed by atoms with Crippen molar-refractivity contribution in [2.75, 3.05) is 0 Å². The molecule has 3 nitrogen and oxygen atoms in total. The summed E-state index contributed by atoms with van der Waals surface area (Å²) in [6, 6.07) is 58.3. The number of rotatable bonds is 5. The van der Waals surface area contributed by atoms with Crippen LogP contribution >= 0.6 is 0 Å². The van der Waals surface area contributed by atoms with Gasteiger partial charge in [-0.1, -0.05) is 152 Å². The number of aliphatic imine (C=N–C) groups is 1. The number of nitrogens with one attached hydrogen (secondary N) is 1. The van der Waals surface area contributed by atoms with Gasteiger partial charge in [-0.3, -0.25) is 5.41 Å². The number of aromatic nitrogens is 1. The molecule has 0 saturated carbocycles. The van der Waals surface area contributed by atoms with Gasteiger partial charge in [-0.25, -0.2) is 4.99 Å². The molecule has 2 aliphatic carbocycles. The quantitative estimate of drug-likeness (QED) is 0.149. The molecule has 1 N–H and O–H groups in total. The van der Waals surface area contributed by atoms with Gasteiger partial charge in [0.2, 0.25) is 0 Å². The third-order valence-corrected chi connectivity index (χ3v) is 10.2. The lowest BCUT2D eigenvalue weighted by molar-refractivity contribution is 0.771. The number of amidine groups is 1. The smallest absolute Gasteiger partial charge is 0.151 e. The minimum absolute atomic E-state index is 0.230. The van der Waals surface area contributed by atoms with E-state index in [9.17, 15) is 0 Å². The molecule has 2 aliphatic rings. The number of hydrogen-bond donors (Lipinski definition) is 1. The van der Waals surface area contributed by atoms with Gasteiger partial charge in [-0.2, -0.15) is 0 Å². The van der Waals surface area contributed by atoms with E-state index in [1.54, 1.807) is 0 Å². The Morgan fingerprint density at radius 1 is 0.688 bits per heavy atom. The third-order valence-electron chi connectivity index (χ3n) is 10.2. The van der Waals surface area contributed by atoms with Gasteiger partial charge >= 0.3 is 0 Å². The van der Waals surface area contributed by atoms with Gasteiger partial charge in [-0.15, -0.1) is 0 Å². The van der Waals surface area contributed by atoms with Gasteiger partial charge in [0.1, 0.15) is 0 Å². The van der Waals surface area contributed by atoms with Crippen molar-refractivity contribution in [1.29, 1.82) is 5.41 Å². The number of hydrogen-bond acceptors (Lipinski definition) is 1. The summed E-state index contributed by atoms with van der Waals surface area (Å²) >= 11 is 0. The highest BCUT2D eigenvalue weighted by atomic mass is 15.0. The number of nitrogens with zero attached hydrogens (tertiary/aromatic N) is 2. The predicted octanol–water partition coefficient (Wildman–Crippen LogP) is 8.54. The maximum Gasteiger partial charge on any atom is 0.151 e. The number of fused-ring (bicyclic) bond motifs is 6. The molecule has 1 unspecified atom stereocenters. The van der Waals surface area contributed by atoms with E-state index < -0.39 is 5.41 Å². The molecule has 0 radical (unpaired) electrons. The second kappa shape index (κ2) is 11.3. The van der Waals surface area contributed by atoms with Crippen LogP contribution < -0.4 is 10.6 Å². The van der Waals surface area contributed by atoms with Crippen molar-refractivity contribution in [3.63, 3.8) is 0 Å². The zero-order valence-corrected chi connectivity index (χ0v) is 26.4. The minimum Gasteiger partial charge on any atom is -0.309 e. The Morgan fingerprint density at radius 3 is 2.08 bits per heavy atom. The lowest BCUT2D eigenvalue weighted by atomic mass is 9.66. The van der Waals surface area contributed by atoms with E-state index in [-0.39, 0.29) is 11.8 Å². The first kappa shape index (κ1) is 28.2. The van der Waals surface area contributed by atoms with E-state index in [0.717, 1.165) is 23.2 Å². The minimum atomic E-state index is -0.469. The van der Waals surface area contributed by atoms with Crippen LogP contribution in [0.25, 0.3) is 28.2 Å². The van der Waals surface area contributed by atoms with Crippen molar-refractivity contribution in [2.24, 2.45) is 4.99 Å². The number of benzene rings is 6. The SMILES string of the molecule is N=C(/N=C/c1cccc(-n2c3c(c4ccccc42)=CCC2C=3C(c3ccccc3)(c3ccccc3)c3ccccc32)c1)c1ccccc1. The van der Waals surface area contributed by atoms with Crippen molar-refractivity contribution in [1.82, 2.24) is 4.57 Å². The zero-order chi connectivity index (χ0) is 32.1. The van der Waals surface area contributed by atoms with E-state index in [2.05, 4.69) is 149 Å². The van der Waals surface area contributed by atoms with Crippen LogP contribution in [0.3, 0.4) is 0 Å². The summed E-state index contributed by atoms with van der Waals surface area (Å²) in [7, 11) is 0. The van der Waals surface area contributed by atoms with Gasteiger partial charge in [0, 0.05) is 34.0 Å². The van der Waals surface area contributed by atoms with E-state index >= 15 is 0 Å². The fourth-order valence-electron chi connectivity index (χ4n) is 8.25. The molecule has 1 heterocycles. The topological polar surface area (TPSA) is 41.1 Å². The Kier molecular flexibility index (Phi) is 6.65. The van der Waals surface area contributed by atoms with Crippen LogP contribution in [0.5, 0.6) is 0 Å². The van der Waals surface area contributed by atoms with Crippen LogP contribution in [0.2, 0.25) is 0 Å². The highest BCUT2D eigenvalue weighted by Crippen LogP contribution is 2.59. The van der Waals surface area contributed by atoms with E-state index in [4.69, 9.17) is 5.41 Å². The second-order valence-electron chi connectivity index (χ2n) is 12.7. The van der Waals surface area contributed by atoms with E-state index in [0.29, 0.717) is 0 Å². The summed E-state index contributed by atoms with van der Waals surface area (Å²) in [5, 5.41) is 12.4. The van der Waals surface area contributed by atoms with Crippen LogP contribution in [0.1, 0.15) is 45.7 Å². The molecular weight excluding hydrogens is 583 g/mol. The lowest BCUT2D eigenvalue weighted by Crippen LogP contribution is -2.41. The van der Waals surface area contributed by atoms with Crippen molar-refractivity contribution < 1.29 is 0 Å². The van der Waals surface area contributed by atoms with Crippen LogP contribution in [0.4, 0.5) is 0 Å². The Balaban J connectivity index is 1.37. The summed E-state index contributed by atoms with van der Waals surface area (Å²) in [6.45, 7) is 0. The van der Waals surface area contributed by atoms with Crippen LogP contribution in [0.15, 0.2) is 169 Å². The summed E-state index contributed by atoms with van der Waals surface area (Å²) in [6.07, 6.45) is 5.23. The maximum atomic E-state index is 8.55. The largest absolute Gasteiger partial charge is 0.309 e. The van der Waals surface area contributed by atoms with Gasteiger partial charge in [0.15, 0.2) is 5.84 Å². The molecule has 0 bridgehead atoms. The average molecular weight is 616 g/mol. The molecule has 0 fully saturated rings. The zero-order valence-electron chi connectivity index (χ0n) is 26.4. The third kappa shape index (κ3) is 4.21. The van der Waals surface area contributed by atoms with Crippen molar-refractivity contribution >= 4 is 34.6 Å². The molecule has 0 saturated heterocycles. The van der Waals surface area contributed by atoms with Gasteiger partial charge in [-0.05, 0) is 58.0 Å². The van der Waals surface area contributed by atoms with E-state index in [1.165, 1.54) is 49.3 Å². The fraction of sp³-hybridized carbons (Fsp3) is 0.0667. The Labute approximate surface area is 280 Å².